The lowest BCUT2D eigenvalue weighted by Crippen LogP contribution is -2.20. The maximum Gasteiger partial charge on any atom is 0.311 e. The summed E-state index contributed by atoms with van der Waals surface area (Å²) in [5, 5.41) is 19.5. The Morgan fingerprint density at radius 1 is 1.17 bits per heavy atom. The summed E-state index contributed by atoms with van der Waals surface area (Å²) in [5.41, 5.74) is 0.164. The van der Waals surface area contributed by atoms with Crippen molar-refractivity contribution in [1.29, 1.82) is 0 Å². The number of carboxylic acid groups (broad SMARTS) is 1. The Morgan fingerprint density at radius 3 is 2.38 bits per heavy atom. The Kier molecular flexibility index (Phi) is 5.36. The van der Waals surface area contributed by atoms with Gasteiger partial charge in [0.1, 0.15) is 0 Å². The summed E-state index contributed by atoms with van der Waals surface area (Å²) in [7, 11) is 0. The molecule has 1 unspecified atom stereocenters. The highest BCUT2D eigenvalue weighted by molar-refractivity contribution is 6.31. The zero-order valence-electron chi connectivity index (χ0n) is 15.8. The van der Waals surface area contributed by atoms with Gasteiger partial charge in [-0.1, -0.05) is 31.5 Å². The maximum atomic E-state index is 14.9. The largest absolute Gasteiger partial charge is 0.503 e. The minimum Gasteiger partial charge on any atom is -0.503 e. The molecule has 29 heavy (non-hydrogen) atoms. The molecule has 3 aromatic rings. The molecule has 0 bridgehead atoms. The Balaban J connectivity index is 2.44. The summed E-state index contributed by atoms with van der Waals surface area (Å²) in [6, 6.07) is 6.84. The second kappa shape index (κ2) is 7.48. The van der Waals surface area contributed by atoms with Gasteiger partial charge in [-0.05, 0) is 36.6 Å². The van der Waals surface area contributed by atoms with Crippen LogP contribution in [-0.4, -0.2) is 26.7 Å². The van der Waals surface area contributed by atoms with E-state index in [1.54, 1.807) is 26.0 Å². The summed E-state index contributed by atoms with van der Waals surface area (Å²) in [5.74, 6) is -7.26. The van der Waals surface area contributed by atoms with Gasteiger partial charge in [0.15, 0.2) is 17.4 Å². The number of hydrogen-bond donors (Lipinski definition) is 2. The third kappa shape index (κ3) is 3.35. The van der Waals surface area contributed by atoms with Crippen LogP contribution in [0.15, 0.2) is 30.3 Å². The second-order valence-electron chi connectivity index (χ2n) is 7.13. The summed E-state index contributed by atoms with van der Waals surface area (Å²) in [6.07, 6.45) is 0. The maximum absolute atomic E-state index is 14.9. The number of aliphatic carboxylic acids is 1. The number of phenolic OH excluding ortho intramolecular Hbond substituents is 1. The number of halogens is 3. The Hall–Kier alpha value is -2.93. The molecule has 2 N–H and O–H groups in total. The van der Waals surface area contributed by atoms with Crippen molar-refractivity contribution in [2.75, 3.05) is 0 Å². The number of phenols is 1. The number of aromatic nitrogens is 1. The smallest absolute Gasteiger partial charge is 0.311 e. The molecule has 0 amide bonds. The van der Waals surface area contributed by atoms with Gasteiger partial charge in [-0.15, -0.1) is 0 Å². The molecule has 8 heteroatoms. The van der Waals surface area contributed by atoms with Gasteiger partial charge in [0.25, 0.3) is 5.91 Å². The number of rotatable bonds is 4. The highest BCUT2D eigenvalue weighted by Gasteiger charge is 2.34. The Morgan fingerprint density at radius 2 is 1.83 bits per heavy atom. The van der Waals surface area contributed by atoms with Gasteiger partial charge >= 0.3 is 5.97 Å². The number of aromatic hydroxyl groups is 1. The molecular formula is C21H18ClF2NO4. The van der Waals surface area contributed by atoms with E-state index in [9.17, 15) is 28.6 Å². The Labute approximate surface area is 170 Å². The molecular weight excluding hydrogens is 404 g/mol. The number of nitrogens with zero attached hydrogens (tertiary/aromatic N) is 1. The van der Waals surface area contributed by atoms with E-state index in [1.165, 1.54) is 19.1 Å². The molecule has 152 valence electrons. The van der Waals surface area contributed by atoms with Crippen molar-refractivity contribution in [3.05, 3.63) is 63.8 Å². The van der Waals surface area contributed by atoms with Crippen molar-refractivity contribution < 1.29 is 28.6 Å². The number of carbonyl (C=O) groups excluding carboxylic acids is 1. The van der Waals surface area contributed by atoms with Crippen LogP contribution in [0.3, 0.4) is 0 Å². The first-order valence-electron chi connectivity index (χ1n) is 8.81. The summed E-state index contributed by atoms with van der Waals surface area (Å²) >= 11 is 5.95. The Bertz CT molecular complexity index is 1150. The number of fused-ring (bicyclic) bond motifs is 1. The summed E-state index contributed by atoms with van der Waals surface area (Å²) in [4.78, 5) is 25.1. The number of benzene rings is 2. The van der Waals surface area contributed by atoms with Crippen LogP contribution in [0.1, 0.15) is 41.4 Å². The molecule has 5 nitrogen and oxygen atoms in total. The molecule has 0 saturated carbocycles. The third-order valence-corrected chi connectivity index (χ3v) is 5.16. The predicted molar refractivity (Wildman–Crippen MR) is 105 cm³/mol. The molecule has 1 atom stereocenters. The van der Waals surface area contributed by atoms with Gasteiger partial charge in [0.2, 0.25) is 0 Å². The van der Waals surface area contributed by atoms with Crippen LogP contribution in [0, 0.1) is 24.5 Å². The average Bonchev–Trinajstić information content (AvgIpc) is 2.91. The van der Waals surface area contributed by atoms with Crippen LogP contribution in [0.25, 0.3) is 10.9 Å². The minimum atomic E-state index is -1.30. The molecule has 1 aromatic heterocycles. The van der Waals surface area contributed by atoms with Gasteiger partial charge in [0, 0.05) is 27.7 Å². The zero-order valence-corrected chi connectivity index (χ0v) is 16.6. The molecule has 0 aliphatic carbocycles. The SMILES string of the molecule is Cc1c(C(C(=O)O)C(C)C)c2c(F)c(O)c(F)cc2n1C(=O)c1cccc(Cl)c1. The highest BCUT2D eigenvalue weighted by Crippen LogP contribution is 2.41. The zero-order chi connectivity index (χ0) is 21.6. The van der Waals surface area contributed by atoms with Gasteiger partial charge in [-0.25, -0.2) is 8.78 Å². The van der Waals surface area contributed by atoms with Gasteiger partial charge in [-0.2, -0.15) is 0 Å². The van der Waals surface area contributed by atoms with E-state index in [1.807, 2.05) is 0 Å². The van der Waals surface area contributed by atoms with E-state index >= 15 is 0 Å². The van der Waals surface area contributed by atoms with Crippen molar-refractivity contribution in [1.82, 2.24) is 4.57 Å². The number of hydrogen-bond acceptors (Lipinski definition) is 3. The van der Waals surface area contributed by atoms with Crippen LogP contribution in [0.2, 0.25) is 5.02 Å². The standard InChI is InChI=1S/C21H18ClF2NO4/c1-9(2)15(21(28)29)16-10(3)25(20(27)11-5-4-6-12(22)7-11)14-8-13(23)19(26)18(24)17(14)16/h4-9,15,26H,1-3H3,(H,28,29). The molecule has 0 radical (unpaired) electrons. The van der Waals surface area contributed by atoms with E-state index in [-0.39, 0.29) is 27.7 Å². The first-order valence-corrected chi connectivity index (χ1v) is 9.19. The van der Waals surface area contributed by atoms with Crippen LogP contribution in [0.4, 0.5) is 8.78 Å². The van der Waals surface area contributed by atoms with E-state index in [2.05, 4.69) is 0 Å². The van der Waals surface area contributed by atoms with Gasteiger partial charge < -0.3 is 10.2 Å². The lowest BCUT2D eigenvalue weighted by Gasteiger charge is -2.17. The lowest BCUT2D eigenvalue weighted by atomic mass is 9.86. The fourth-order valence-electron chi connectivity index (χ4n) is 3.65. The fourth-order valence-corrected chi connectivity index (χ4v) is 3.84. The van der Waals surface area contributed by atoms with Crippen LogP contribution >= 0.6 is 11.6 Å². The molecule has 3 rings (SSSR count). The van der Waals surface area contributed by atoms with E-state index < -0.39 is 41.1 Å². The van der Waals surface area contributed by atoms with Crippen molar-refractivity contribution in [2.45, 2.75) is 26.7 Å². The van der Waals surface area contributed by atoms with Crippen molar-refractivity contribution in [2.24, 2.45) is 5.92 Å². The van der Waals surface area contributed by atoms with E-state index in [0.717, 1.165) is 10.6 Å². The van der Waals surface area contributed by atoms with Crippen LogP contribution in [-0.2, 0) is 4.79 Å². The van der Waals surface area contributed by atoms with Crippen molar-refractivity contribution in [3.8, 4) is 5.75 Å². The van der Waals surface area contributed by atoms with Crippen molar-refractivity contribution >= 4 is 34.4 Å². The molecule has 0 saturated heterocycles. The lowest BCUT2D eigenvalue weighted by molar-refractivity contribution is -0.139. The van der Waals surface area contributed by atoms with E-state index in [0.29, 0.717) is 5.02 Å². The second-order valence-corrected chi connectivity index (χ2v) is 7.56. The quantitative estimate of drug-likeness (QED) is 0.614. The molecule has 0 aliphatic heterocycles. The summed E-state index contributed by atoms with van der Waals surface area (Å²) < 4.78 is 30.1. The predicted octanol–water partition coefficient (Wildman–Crippen LogP) is 5.10. The third-order valence-electron chi connectivity index (χ3n) is 4.93. The normalized spacial score (nSPS) is 12.5. The fraction of sp³-hybridized carbons (Fsp3) is 0.238. The van der Waals surface area contributed by atoms with Crippen LogP contribution in [0.5, 0.6) is 5.75 Å². The average molecular weight is 422 g/mol. The summed E-state index contributed by atoms with van der Waals surface area (Å²) in [6.45, 7) is 4.74. The van der Waals surface area contributed by atoms with Crippen molar-refractivity contribution in [3.63, 3.8) is 0 Å². The minimum absolute atomic E-state index is 0.0191. The van der Waals surface area contributed by atoms with Gasteiger partial charge in [-0.3, -0.25) is 14.2 Å². The first-order chi connectivity index (χ1) is 13.6. The number of carbonyl (C=O) groups is 2. The van der Waals surface area contributed by atoms with E-state index in [4.69, 9.17) is 11.6 Å². The first kappa shape index (κ1) is 20.8. The molecule has 0 spiro atoms. The molecule has 0 fully saturated rings. The van der Waals surface area contributed by atoms with Gasteiger partial charge in [0.05, 0.1) is 11.4 Å². The number of carboxylic acids is 1. The highest BCUT2D eigenvalue weighted by atomic mass is 35.5. The molecule has 1 heterocycles. The molecule has 2 aromatic carbocycles. The molecule has 0 aliphatic rings. The topological polar surface area (TPSA) is 79.5 Å². The van der Waals surface area contributed by atoms with Crippen LogP contribution < -0.4 is 0 Å². The monoisotopic (exact) mass is 421 g/mol.